The first-order valence-electron chi connectivity index (χ1n) is 18.7. The van der Waals surface area contributed by atoms with Crippen LogP contribution >= 0.6 is 23.2 Å². The second-order valence-electron chi connectivity index (χ2n) is 13.7. The number of aldehydes is 1. The molecule has 1 N–H and O–H groups in total. The van der Waals surface area contributed by atoms with E-state index in [2.05, 4.69) is 30.5 Å². The smallest absolute Gasteiger partial charge is 0.214 e. The molecule has 0 fully saturated rings. The maximum absolute atomic E-state index is 12.9. The number of anilines is 1. The Morgan fingerprint density at radius 2 is 1.51 bits per heavy atom. The maximum Gasteiger partial charge on any atom is 0.214 e. The number of rotatable bonds is 12. The van der Waals surface area contributed by atoms with Gasteiger partial charge in [-0.1, -0.05) is 43.1 Å². The van der Waals surface area contributed by atoms with Crippen LogP contribution in [0.2, 0.25) is 10.0 Å². The number of aryl methyl sites for hydroxylation is 8. The van der Waals surface area contributed by atoms with Crippen molar-refractivity contribution >= 4 is 63.4 Å². The van der Waals surface area contributed by atoms with Crippen LogP contribution in [-0.4, -0.2) is 57.0 Å². The summed E-state index contributed by atoms with van der Waals surface area (Å²) in [5.41, 5.74) is 13.4. The van der Waals surface area contributed by atoms with Crippen LogP contribution in [-0.2, 0) is 31.9 Å². The highest BCUT2D eigenvalue weighted by molar-refractivity contribution is 6.35. The standard InChI is InChI=1S/C41H45Cl2N5O3.C2H6.CH4O/c1-23-17-33-26(4)36(21-49)45(8)40(33)35(18-23)47(22-50)14-15-48-28(6)31(11-10-16-51-30-19-24(2)39(43)25(3)20-30)32-12-13-34(42)38(41(32)48)37-27(5)44-46(9)29(37)7;2*1-2/h12-13,17-22H,10-11,14-16H2,1-9H3;1-2H3;2H,1H3. The number of halogens is 2. The Morgan fingerprint density at radius 3 is 2.09 bits per heavy atom. The lowest BCUT2D eigenvalue weighted by Gasteiger charge is -2.22. The number of fused-ring (bicyclic) bond motifs is 2. The van der Waals surface area contributed by atoms with E-state index in [1.807, 2.05) is 96.1 Å². The van der Waals surface area contributed by atoms with Gasteiger partial charge in [0.25, 0.3) is 0 Å². The first-order valence-corrected chi connectivity index (χ1v) is 19.5. The predicted octanol–water partition coefficient (Wildman–Crippen LogP) is 10.1. The number of hydrogen-bond donors (Lipinski definition) is 1. The van der Waals surface area contributed by atoms with Crippen molar-refractivity contribution in [2.45, 2.75) is 81.7 Å². The van der Waals surface area contributed by atoms with Gasteiger partial charge in [0.15, 0.2) is 6.29 Å². The van der Waals surface area contributed by atoms with Crippen molar-refractivity contribution in [2.24, 2.45) is 14.1 Å². The molecule has 0 unspecified atom stereocenters. The van der Waals surface area contributed by atoms with E-state index in [9.17, 15) is 9.59 Å². The summed E-state index contributed by atoms with van der Waals surface area (Å²) in [5.74, 6) is 0.818. The molecule has 294 valence electrons. The minimum Gasteiger partial charge on any atom is -0.494 e. The molecule has 6 rings (SSSR count). The first kappa shape index (κ1) is 43.2. The molecule has 0 bridgehead atoms. The van der Waals surface area contributed by atoms with Crippen molar-refractivity contribution in [1.82, 2.24) is 18.9 Å². The summed E-state index contributed by atoms with van der Waals surface area (Å²) < 4.78 is 12.3. The van der Waals surface area contributed by atoms with Crippen molar-refractivity contribution in [2.75, 3.05) is 25.2 Å². The molecule has 0 atom stereocenters. The molecule has 0 spiro atoms. The zero-order chi connectivity index (χ0) is 40.9. The first-order chi connectivity index (χ1) is 26.3. The fourth-order valence-corrected chi connectivity index (χ4v) is 8.10. The lowest BCUT2D eigenvalue weighted by Crippen LogP contribution is -2.27. The highest BCUT2D eigenvalue weighted by Crippen LogP contribution is 2.42. The molecule has 0 saturated heterocycles. The number of amides is 1. The van der Waals surface area contributed by atoms with Gasteiger partial charge in [0.1, 0.15) is 5.75 Å². The number of ether oxygens (including phenoxy) is 1. The Labute approximate surface area is 335 Å². The summed E-state index contributed by atoms with van der Waals surface area (Å²) in [6.07, 6.45) is 3.36. The van der Waals surface area contributed by atoms with E-state index in [0.717, 1.165) is 121 Å². The number of carbonyl (C=O) groups excluding carboxylic acids is 2. The quantitative estimate of drug-likeness (QED) is 0.0985. The SMILES string of the molecule is CC.CO.Cc1cc(N(C=O)CCn2c(C)c(CCCOc3cc(C)c(Cl)c(C)c3)c3ccc(Cl)c(-c4c(C)nn(C)c4C)c32)c2c(c1)c(C)c(C=O)n2C. The Bertz CT molecular complexity index is 2330. The van der Waals surface area contributed by atoms with Gasteiger partial charge in [0.05, 0.1) is 39.7 Å². The lowest BCUT2D eigenvalue weighted by molar-refractivity contribution is -0.107. The number of carbonyl (C=O) groups is 2. The van der Waals surface area contributed by atoms with E-state index in [0.29, 0.717) is 30.4 Å². The molecule has 0 aliphatic carbocycles. The monoisotopic (exact) mass is 787 g/mol. The minimum atomic E-state index is 0.405. The summed E-state index contributed by atoms with van der Waals surface area (Å²) in [6, 6.07) is 12.2. The molecule has 0 saturated carbocycles. The van der Waals surface area contributed by atoms with Gasteiger partial charge in [-0.3, -0.25) is 14.3 Å². The third kappa shape index (κ3) is 8.20. The van der Waals surface area contributed by atoms with Crippen LogP contribution in [0.15, 0.2) is 36.4 Å². The lowest BCUT2D eigenvalue weighted by atomic mass is 9.98. The van der Waals surface area contributed by atoms with Crippen molar-refractivity contribution < 1.29 is 19.4 Å². The van der Waals surface area contributed by atoms with E-state index < -0.39 is 0 Å². The molecule has 1 amide bonds. The van der Waals surface area contributed by atoms with Crippen LogP contribution in [0.5, 0.6) is 5.75 Å². The van der Waals surface area contributed by atoms with Gasteiger partial charge in [-0.25, -0.2) is 0 Å². The second-order valence-corrected chi connectivity index (χ2v) is 14.5. The molecule has 0 aliphatic heterocycles. The summed E-state index contributed by atoms with van der Waals surface area (Å²) in [6.45, 7) is 19.7. The zero-order valence-corrected chi connectivity index (χ0v) is 35.8. The van der Waals surface area contributed by atoms with Crippen LogP contribution in [0.25, 0.3) is 32.9 Å². The zero-order valence-electron chi connectivity index (χ0n) is 34.3. The molecule has 3 aromatic heterocycles. The second kappa shape index (κ2) is 18.4. The van der Waals surface area contributed by atoms with Crippen molar-refractivity contribution in [3.8, 4) is 16.9 Å². The highest BCUT2D eigenvalue weighted by Gasteiger charge is 2.25. The van der Waals surface area contributed by atoms with Gasteiger partial charge < -0.3 is 23.9 Å². The highest BCUT2D eigenvalue weighted by atomic mass is 35.5. The van der Waals surface area contributed by atoms with Crippen LogP contribution in [0.1, 0.15) is 75.7 Å². The normalized spacial score (nSPS) is 11.0. The van der Waals surface area contributed by atoms with Gasteiger partial charge in [0.2, 0.25) is 6.41 Å². The molecule has 0 radical (unpaired) electrons. The number of aliphatic hydroxyl groups excluding tert-OH is 1. The third-order valence-corrected chi connectivity index (χ3v) is 11.3. The molecule has 55 heavy (non-hydrogen) atoms. The summed E-state index contributed by atoms with van der Waals surface area (Å²) in [4.78, 5) is 26.7. The van der Waals surface area contributed by atoms with Crippen LogP contribution < -0.4 is 9.64 Å². The number of aliphatic hydroxyl groups is 1. The largest absolute Gasteiger partial charge is 0.494 e. The van der Waals surface area contributed by atoms with E-state index >= 15 is 0 Å². The molecule has 0 aliphatic rings. The summed E-state index contributed by atoms with van der Waals surface area (Å²) in [7, 11) is 4.83. The van der Waals surface area contributed by atoms with E-state index in [1.54, 1.807) is 4.90 Å². The Morgan fingerprint density at radius 1 is 0.855 bits per heavy atom. The molecular weight excluding hydrogens is 733 g/mol. The third-order valence-electron chi connectivity index (χ3n) is 10.4. The van der Waals surface area contributed by atoms with E-state index in [4.69, 9.17) is 38.1 Å². The average molecular weight is 789 g/mol. The molecule has 3 heterocycles. The fourth-order valence-electron chi connectivity index (χ4n) is 7.74. The topological polar surface area (TPSA) is 94.5 Å². The Kier molecular flexibility index (Phi) is 14.4. The van der Waals surface area contributed by atoms with Crippen LogP contribution in [0.3, 0.4) is 0 Å². The maximum atomic E-state index is 12.9. The summed E-state index contributed by atoms with van der Waals surface area (Å²) in [5, 5.41) is 15.2. The van der Waals surface area contributed by atoms with Gasteiger partial charge in [0, 0.05) is 72.6 Å². The molecule has 11 heteroatoms. The number of benzene rings is 3. The molecule has 3 aromatic carbocycles. The average Bonchev–Trinajstić information content (AvgIpc) is 3.69. The van der Waals surface area contributed by atoms with E-state index in [1.165, 1.54) is 5.56 Å². The van der Waals surface area contributed by atoms with Crippen molar-refractivity contribution in [3.05, 3.63) is 97.0 Å². The number of aromatic nitrogens is 4. The molecule has 9 nitrogen and oxygen atoms in total. The van der Waals surface area contributed by atoms with Gasteiger partial charge in [-0.15, -0.1) is 0 Å². The van der Waals surface area contributed by atoms with Gasteiger partial charge in [-0.05, 0) is 119 Å². The number of nitrogens with zero attached hydrogens (tertiary/aromatic N) is 5. The minimum absolute atomic E-state index is 0.405. The summed E-state index contributed by atoms with van der Waals surface area (Å²) >= 11 is 13.5. The van der Waals surface area contributed by atoms with Gasteiger partial charge >= 0.3 is 0 Å². The van der Waals surface area contributed by atoms with Crippen molar-refractivity contribution in [3.63, 3.8) is 0 Å². The Balaban J connectivity index is 0.00000163. The van der Waals surface area contributed by atoms with Crippen LogP contribution in [0, 0.1) is 48.5 Å². The molecular formula is C44H55Cl2N5O4. The van der Waals surface area contributed by atoms with Gasteiger partial charge in [-0.2, -0.15) is 5.10 Å². The van der Waals surface area contributed by atoms with Crippen molar-refractivity contribution in [1.29, 1.82) is 0 Å². The number of hydrogen-bond acceptors (Lipinski definition) is 5. The predicted molar refractivity (Wildman–Crippen MR) is 229 cm³/mol. The van der Waals surface area contributed by atoms with Crippen LogP contribution in [0.4, 0.5) is 5.69 Å². The Hall–Kier alpha value is -4.57. The fraction of sp³-hybridized carbons (Fsp3) is 0.386. The molecule has 6 aromatic rings. The van der Waals surface area contributed by atoms with E-state index in [-0.39, 0.29) is 0 Å².